The Hall–Kier alpha value is -1.99. The number of benzene rings is 1. The molecule has 0 aliphatic carbocycles. The van der Waals surface area contributed by atoms with Crippen LogP contribution in [0.15, 0.2) is 24.3 Å². The van der Waals surface area contributed by atoms with Gasteiger partial charge in [-0.25, -0.2) is 14.1 Å². The summed E-state index contributed by atoms with van der Waals surface area (Å²) >= 11 is 1.61. The average Bonchev–Trinajstić information content (AvgIpc) is 3.30. The van der Waals surface area contributed by atoms with Crippen molar-refractivity contribution >= 4 is 26.8 Å². The van der Waals surface area contributed by atoms with Crippen LogP contribution in [0.5, 0.6) is 0 Å². The van der Waals surface area contributed by atoms with Crippen molar-refractivity contribution in [2.24, 2.45) is 7.05 Å². The Labute approximate surface area is 150 Å². The Balaban J connectivity index is 1.57. The smallest absolute Gasteiger partial charge is 0.185 e. The number of likely N-dealkylation sites (tertiary alicyclic amines) is 1. The number of aromatic nitrogens is 3. The fourth-order valence-electron chi connectivity index (χ4n) is 3.58. The van der Waals surface area contributed by atoms with Gasteiger partial charge in [-0.05, 0) is 38.9 Å². The van der Waals surface area contributed by atoms with Gasteiger partial charge in [0.25, 0.3) is 0 Å². The number of rotatable bonds is 5. The number of halogens is 1. The third kappa shape index (κ3) is 3.14. The molecule has 1 saturated heterocycles. The lowest BCUT2D eigenvalue weighted by atomic mass is 10.0. The quantitative estimate of drug-likeness (QED) is 0.754. The Morgan fingerprint density at radius 3 is 2.76 bits per heavy atom. The van der Waals surface area contributed by atoms with Crippen LogP contribution in [0, 0.1) is 12.7 Å². The highest BCUT2D eigenvalue weighted by molar-refractivity contribution is 7.22. The second-order valence-corrected chi connectivity index (χ2v) is 7.54. The molecule has 1 unspecified atom stereocenters. The lowest BCUT2D eigenvalue weighted by Gasteiger charge is -2.28. The molecule has 1 fully saturated rings. The van der Waals surface area contributed by atoms with E-state index in [1.165, 1.54) is 12.8 Å². The van der Waals surface area contributed by atoms with E-state index in [9.17, 15) is 4.39 Å². The van der Waals surface area contributed by atoms with Crippen molar-refractivity contribution in [2.75, 3.05) is 25.0 Å². The SMILES string of the molecule is Cc1nn(C)c2nc(NCC(c3ccccc3F)N3CCCC3)sc12. The van der Waals surface area contributed by atoms with E-state index in [2.05, 4.69) is 20.3 Å². The van der Waals surface area contributed by atoms with Gasteiger partial charge in [0.05, 0.1) is 16.4 Å². The second-order valence-electron chi connectivity index (χ2n) is 6.54. The normalized spacial score (nSPS) is 16.6. The van der Waals surface area contributed by atoms with Crippen LogP contribution in [-0.2, 0) is 7.05 Å². The fraction of sp³-hybridized carbons (Fsp3) is 0.444. The topological polar surface area (TPSA) is 46.0 Å². The van der Waals surface area contributed by atoms with E-state index >= 15 is 0 Å². The fourth-order valence-corrected chi connectivity index (χ4v) is 4.52. The van der Waals surface area contributed by atoms with Gasteiger partial charge < -0.3 is 5.32 Å². The molecule has 1 atom stereocenters. The number of aryl methyl sites for hydroxylation is 2. The van der Waals surface area contributed by atoms with Gasteiger partial charge in [0.15, 0.2) is 10.8 Å². The van der Waals surface area contributed by atoms with E-state index in [4.69, 9.17) is 0 Å². The van der Waals surface area contributed by atoms with Crippen molar-refractivity contribution in [1.29, 1.82) is 0 Å². The third-order valence-corrected chi connectivity index (χ3v) is 5.95. The predicted octanol–water partition coefficient (Wildman–Crippen LogP) is 3.73. The first-order chi connectivity index (χ1) is 12.1. The van der Waals surface area contributed by atoms with Crippen LogP contribution in [0.2, 0.25) is 0 Å². The van der Waals surface area contributed by atoms with Crippen LogP contribution in [0.3, 0.4) is 0 Å². The van der Waals surface area contributed by atoms with Crippen LogP contribution >= 0.6 is 11.3 Å². The van der Waals surface area contributed by atoms with Gasteiger partial charge in [0, 0.05) is 19.2 Å². The van der Waals surface area contributed by atoms with Crippen molar-refractivity contribution < 1.29 is 4.39 Å². The summed E-state index contributed by atoms with van der Waals surface area (Å²) in [6.45, 7) is 4.68. The highest BCUT2D eigenvalue weighted by Gasteiger charge is 2.26. The molecular formula is C18H22FN5S. The molecule has 4 rings (SSSR count). The molecule has 1 N–H and O–H groups in total. The van der Waals surface area contributed by atoms with Crippen LogP contribution in [-0.4, -0.2) is 39.3 Å². The summed E-state index contributed by atoms with van der Waals surface area (Å²) in [4.78, 5) is 7.01. The lowest BCUT2D eigenvalue weighted by Crippen LogP contribution is -2.31. The molecule has 2 aromatic heterocycles. The molecular weight excluding hydrogens is 337 g/mol. The zero-order chi connectivity index (χ0) is 17.4. The van der Waals surface area contributed by atoms with Crippen molar-refractivity contribution in [3.63, 3.8) is 0 Å². The monoisotopic (exact) mass is 359 g/mol. The van der Waals surface area contributed by atoms with Gasteiger partial charge in [0.1, 0.15) is 5.82 Å². The van der Waals surface area contributed by atoms with Gasteiger partial charge in [0.2, 0.25) is 0 Å². The number of nitrogens with one attached hydrogen (secondary N) is 1. The molecule has 25 heavy (non-hydrogen) atoms. The van der Waals surface area contributed by atoms with Crippen molar-refractivity contribution in [3.8, 4) is 0 Å². The van der Waals surface area contributed by atoms with E-state index in [0.29, 0.717) is 6.54 Å². The molecule has 7 heteroatoms. The summed E-state index contributed by atoms with van der Waals surface area (Å²) in [5.41, 5.74) is 2.65. The molecule has 0 radical (unpaired) electrons. The van der Waals surface area contributed by atoms with Crippen LogP contribution in [0.1, 0.15) is 30.1 Å². The van der Waals surface area contributed by atoms with E-state index in [-0.39, 0.29) is 11.9 Å². The molecule has 5 nitrogen and oxygen atoms in total. The summed E-state index contributed by atoms with van der Waals surface area (Å²) in [7, 11) is 1.91. The molecule has 3 heterocycles. The first kappa shape index (κ1) is 16.5. The maximum Gasteiger partial charge on any atom is 0.185 e. The number of hydrogen-bond acceptors (Lipinski definition) is 5. The Morgan fingerprint density at radius 1 is 1.28 bits per heavy atom. The molecule has 1 aliphatic rings. The zero-order valence-corrected chi connectivity index (χ0v) is 15.3. The van der Waals surface area contributed by atoms with Gasteiger partial charge in [-0.3, -0.25) is 4.90 Å². The first-order valence-corrected chi connectivity index (χ1v) is 9.47. The lowest BCUT2D eigenvalue weighted by molar-refractivity contribution is 0.250. The standard InChI is InChI=1S/C18H22FN5S/c1-12-16-17(23(2)22-12)21-18(25-16)20-11-15(24-9-5-6-10-24)13-7-3-4-8-14(13)19/h3-4,7-8,15H,5-6,9-11H2,1-2H3,(H,20,21). The summed E-state index contributed by atoms with van der Waals surface area (Å²) in [6, 6.07) is 7.12. The zero-order valence-electron chi connectivity index (χ0n) is 14.5. The number of thiazole rings is 1. The van der Waals surface area contributed by atoms with Gasteiger partial charge in [-0.2, -0.15) is 5.10 Å². The van der Waals surface area contributed by atoms with Crippen molar-refractivity contribution in [2.45, 2.75) is 25.8 Å². The third-order valence-electron chi connectivity index (χ3n) is 4.84. The number of anilines is 1. The van der Waals surface area contributed by atoms with Gasteiger partial charge >= 0.3 is 0 Å². The molecule has 0 saturated carbocycles. The first-order valence-electron chi connectivity index (χ1n) is 8.66. The van der Waals surface area contributed by atoms with Crippen LogP contribution in [0.4, 0.5) is 9.52 Å². The van der Waals surface area contributed by atoms with Crippen LogP contribution in [0.25, 0.3) is 10.3 Å². The van der Waals surface area contributed by atoms with E-state index in [1.807, 2.05) is 26.1 Å². The minimum absolute atomic E-state index is 0.0231. The van der Waals surface area contributed by atoms with Crippen molar-refractivity contribution in [1.82, 2.24) is 19.7 Å². The maximum atomic E-state index is 14.4. The minimum atomic E-state index is -0.134. The van der Waals surface area contributed by atoms with E-state index < -0.39 is 0 Å². The predicted molar refractivity (Wildman–Crippen MR) is 99.6 cm³/mol. The molecule has 1 aromatic carbocycles. The molecule has 1 aliphatic heterocycles. The van der Waals surface area contributed by atoms with E-state index in [1.54, 1.807) is 28.2 Å². The molecule has 0 bridgehead atoms. The largest absolute Gasteiger partial charge is 0.360 e. The maximum absolute atomic E-state index is 14.4. The van der Waals surface area contributed by atoms with Crippen molar-refractivity contribution in [3.05, 3.63) is 41.3 Å². The van der Waals surface area contributed by atoms with Gasteiger partial charge in [-0.15, -0.1) is 0 Å². The molecule has 0 amide bonds. The Morgan fingerprint density at radius 2 is 2.04 bits per heavy atom. The summed E-state index contributed by atoms with van der Waals surface area (Å²) in [5, 5.41) is 8.69. The van der Waals surface area contributed by atoms with Gasteiger partial charge in [-0.1, -0.05) is 29.5 Å². The number of nitrogens with zero attached hydrogens (tertiary/aromatic N) is 4. The number of fused-ring (bicyclic) bond motifs is 1. The number of hydrogen-bond donors (Lipinski definition) is 1. The minimum Gasteiger partial charge on any atom is -0.360 e. The molecule has 0 spiro atoms. The summed E-state index contributed by atoms with van der Waals surface area (Å²) in [5.74, 6) is -0.134. The molecule has 3 aromatic rings. The second kappa shape index (κ2) is 6.72. The highest BCUT2D eigenvalue weighted by Crippen LogP contribution is 2.31. The van der Waals surface area contributed by atoms with Crippen LogP contribution < -0.4 is 5.32 Å². The highest BCUT2D eigenvalue weighted by atomic mass is 32.1. The average molecular weight is 359 g/mol. The Bertz CT molecular complexity index is 846. The molecule has 132 valence electrons. The Kier molecular flexibility index (Phi) is 4.43. The summed E-state index contributed by atoms with van der Waals surface area (Å²) in [6.07, 6.45) is 2.36. The summed E-state index contributed by atoms with van der Waals surface area (Å²) < 4.78 is 17.3. The van der Waals surface area contributed by atoms with E-state index in [0.717, 1.165) is 39.8 Å².